The van der Waals surface area contributed by atoms with Gasteiger partial charge in [-0.15, -0.1) is 0 Å². The third kappa shape index (κ3) is 13.9. The van der Waals surface area contributed by atoms with Gasteiger partial charge < -0.3 is 19.6 Å². The fourth-order valence-electron chi connectivity index (χ4n) is 16.5. The van der Waals surface area contributed by atoms with Crippen molar-refractivity contribution >= 4 is 103 Å². The molecule has 0 aromatic heterocycles. The van der Waals surface area contributed by atoms with E-state index in [9.17, 15) is 0 Å². The molecule has 2 heterocycles. The zero-order valence-electron chi connectivity index (χ0n) is 62.6. The molecule has 0 radical (unpaired) electrons. The topological polar surface area (TPSA) is 13.0 Å². The second-order valence-electron chi connectivity index (χ2n) is 28.9. The normalized spacial score (nSPS) is 11.7. The summed E-state index contributed by atoms with van der Waals surface area (Å²) in [6, 6.07) is 165. The van der Waals surface area contributed by atoms with Crippen molar-refractivity contribution in [1.82, 2.24) is 0 Å². The molecule has 0 fully saturated rings. The van der Waals surface area contributed by atoms with Crippen LogP contribution in [0.25, 0.3) is 89.0 Å². The summed E-state index contributed by atoms with van der Waals surface area (Å²) in [6.07, 6.45) is 0. The maximum absolute atomic E-state index is 7.59. The minimum absolute atomic E-state index is 0.0738. The van der Waals surface area contributed by atoms with Crippen molar-refractivity contribution in [2.45, 2.75) is 0 Å². The van der Waals surface area contributed by atoms with E-state index in [1.54, 1.807) is 0 Å². The molecule has 2 aliphatic heterocycles. The molecule has 18 aromatic rings. The van der Waals surface area contributed by atoms with Gasteiger partial charge in [0.1, 0.15) is 0 Å². The number of fused-ring (bicyclic) bond motifs is 4. The summed E-state index contributed by atoms with van der Waals surface area (Å²) < 4.78 is 0. The predicted octanol–water partition coefficient (Wildman–Crippen LogP) is 28.4. The molecule has 0 amide bonds. The summed E-state index contributed by atoms with van der Waals surface area (Å²) in [6.45, 7) is 0.0738. The Morgan fingerprint density at radius 2 is 0.439 bits per heavy atom. The minimum atomic E-state index is 0.0738. The van der Waals surface area contributed by atoms with Gasteiger partial charge in [0.2, 0.25) is 0 Å². The Morgan fingerprint density at radius 3 is 0.851 bits per heavy atom. The van der Waals surface area contributed by atoms with Gasteiger partial charge in [-0.2, -0.15) is 0 Å². The van der Waals surface area contributed by atoms with Gasteiger partial charge in [0.25, 0.3) is 6.71 Å². The summed E-state index contributed by atoms with van der Waals surface area (Å²) in [4.78, 5) is 9.39. The molecule has 18 aromatic carbocycles. The lowest BCUT2D eigenvalue weighted by Crippen LogP contribution is -2.61. The molecule has 0 saturated carbocycles. The van der Waals surface area contributed by atoms with Crippen LogP contribution in [0.15, 0.2) is 461 Å². The molecule has 538 valence electrons. The van der Waals surface area contributed by atoms with Crippen LogP contribution < -0.4 is 36.0 Å². The summed E-state index contributed by atoms with van der Waals surface area (Å²) in [5, 5.41) is 0.645. The van der Waals surface area contributed by atoms with Crippen LogP contribution in [0.3, 0.4) is 0 Å². The molecule has 0 N–H and O–H groups in total. The van der Waals surface area contributed by atoms with Crippen molar-refractivity contribution in [2.24, 2.45) is 0 Å². The lowest BCUT2D eigenvalue weighted by Gasteiger charge is -2.44. The molecule has 114 heavy (non-hydrogen) atoms. The largest absolute Gasteiger partial charge is 0.311 e. The van der Waals surface area contributed by atoms with Crippen molar-refractivity contribution in [3.63, 3.8) is 0 Å². The smallest absolute Gasteiger partial charge is 0.252 e. The lowest BCUT2D eigenvalue weighted by molar-refractivity contribution is 1.25. The Balaban J connectivity index is 0.000000153. The number of rotatable bonds is 16. The Bertz CT molecular complexity index is 6370. The van der Waals surface area contributed by atoms with Crippen molar-refractivity contribution < 1.29 is 0 Å². The SMILES string of the molecule is Clc1c(N(c2ccccc2)c2ccccc2)cccc1N(c1ccc(-c2ccccc2)cc1)c1ccc(-c2cccc(-c3cccc(-c4ccccc4)c3)c2)cc1.c1ccc(-c2cccc(-c3cccc(-c4ccc(N5c6ccc(-c7ccccc7)cc6B6c7ccccc7N(c7ccccc7)c7cccc5c76)cc4)c3)c2)cc1. The molecule has 0 spiro atoms. The molecule has 2 aliphatic rings. The van der Waals surface area contributed by atoms with E-state index in [-0.39, 0.29) is 6.71 Å². The summed E-state index contributed by atoms with van der Waals surface area (Å²) >= 11 is 7.59. The Morgan fingerprint density at radius 1 is 0.184 bits per heavy atom. The lowest BCUT2D eigenvalue weighted by atomic mass is 9.33. The molecule has 0 atom stereocenters. The third-order valence-corrected chi connectivity index (χ3v) is 22.4. The van der Waals surface area contributed by atoms with E-state index >= 15 is 0 Å². The Kier molecular flexibility index (Phi) is 19.3. The van der Waals surface area contributed by atoms with E-state index in [4.69, 9.17) is 11.6 Å². The van der Waals surface area contributed by atoms with E-state index < -0.39 is 0 Å². The molecule has 6 heteroatoms. The van der Waals surface area contributed by atoms with Crippen LogP contribution in [0.4, 0.5) is 68.2 Å². The van der Waals surface area contributed by atoms with Crippen LogP contribution in [-0.2, 0) is 0 Å². The Labute approximate surface area is 673 Å². The summed E-state index contributed by atoms with van der Waals surface area (Å²) in [5.41, 5.74) is 36.1. The van der Waals surface area contributed by atoms with E-state index in [0.29, 0.717) is 5.02 Å². The first-order valence-electron chi connectivity index (χ1n) is 38.9. The van der Waals surface area contributed by atoms with Crippen molar-refractivity contribution in [2.75, 3.05) is 19.6 Å². The number of para-hydroxylation sites is 4. The van der Waals surface area contributed by atoms with E-state index in [0.717, 1.165) is 62.2 Å². The first-order valence-corrected chi connectivity index (χ1v) is 39.3. The van der Waals surface area contributed by atoms with Gasteiger partial charge in [-0.25, -0.2) is 0 Å². The second kappa shape index (κ2) is 31.5. The zero-order valence-corrected chi connectivity index (χ0v) is 63.4. The number of halogens is 1. The number of nitrogens with zero attached hydrogens (tertiary/aromatic N) is 4. The van der Waals surface area contributed by atoms with Crippen LogP contribution >= 0.6 is 11.6 Å². The molecule has 0 bridgehead atoms. The molecule has 0 aliphatic carbocycles. The van der Waals surface area contributed by atoms with Crippen LogP contribution in [-0.4, -0.2) is 6.71 Å². The van der Waals surface area contributed by atoms with Crippen LogP contribution in [0.5, 0.6) is 0 Å². The second-order valence-corrected chi connectivity index (χ2v) is 29.2. The molecular weight excluding hydrogens is 1400 g/mol. The molecule has 0 unspecified atom stereocenters. The maximum atomic E-state index is 7.59. The van der Waals surface area contributed by atoms with Crippen LogP contribution in [0.2, 0.25) is 5.02 Å². The third-order valence-electron chi connectivity index (χ3n) is 22.0. The highest BCUT2D eigenvalue weighted by Gasteiger charge is 2.43. The van der Waals surface area contributed by atoms with Gasteiger partial charge in [-0.3, -0.25) is 0 Å². The maximum Gasteiger partial charge on any atom is 0.252 e. The highest BCUT2D eigenvalue weighted by Crippen LogP contribution is 2.49. The zero-order chi connectivity index (χ0) is 76.1. The Hall–Kier alpha value is -14.5. The first-order chi connectivity index (χ1) is 56.5. The monoisotopic (exact) mass is 1470 g/mol. The van der Waals surface area contributed by atoms with Crippen LogP contribution in [0, 0.1) is 0 Å². The fraction of sp³-hybridized carbons (Fsp3) is 0. The number of benzene rings is 18. The molecule has 20 rings (SSSR count). The van der Waals surface area contributed by atoms with Gasteiger partial charge in [-0.05, 0) is 239 Å². The van der Waals surface area contributed by atoms with E-state index in [2.05, 4.69) is 462 Å². The van der Waals surface area contributed by atoms with Gasteiger partial charge in [-0.1, -0.05) is 339 Å². The van der Waals surface area contributed by atoms with Gasteiger partial charge in [0.05, 0.1) is 16.4 Å². The van der Waals surface area contributed by atoms with Crippen molar-refractivity contribution in [1.29, 1.82) is 0 Å². The highest BCUT2D eigenvalue weighted by atomic mass is 35.5. The number of anilines is 12. The molecule has 4 nitrogen and oxygen atoms in total. The fourth-order valence-corrected chi connectivity index (χ4v) is 16.8. The van der Waals surface area contributed by atoms with E-state index in [1.807, 2.05) is 18.2 Å². The summed E-state index contributed by atoms with van der Waals surface area (Å²) in [5.74, 6) is 0. The predicted molar refractivity (Wildman–Crippen MR) is 485 cm³/mol. The number of hydrogen-bond acceptors (Lipinski definition) is 4. The average molecular weight is 1480 g/mol. The van der Waals surface area contributed by atoms with Gasteiger partial charge >= 0.3 is 0 Å². The van der Waals surface area contributed by atoms with Crippen LogP contribution in [0.1, 0.15) is 0 Å². The minimum Gasteiger partial charge on any atom is -0.311 e. The van der Waals surface area contributed by atoms with Crippen molar-refractivity contribution in [3.8, 4) is 89.0 Å². The van der Waals surface area contributed by atoms with Crippen molar-refractivity contribution in [3.05, 3.63) is 466 Å². The number of hydrogen-bond donors (Lipinski definition) is 0. The van der Waals surface area contributed by atoms with Gasteiger partial charge in [0.15, 0.2) is 0 Å². The average Bonchev–Trinajstić information content (AvgIpc) is 0.699. The molecule has 0 saturated heterocycles. The van der Waals surface area contributed by atoms with E-state index in [1.165, 1.54) is 111 Å². The first kappa shape index (κ1) is 69.9. The highest BCUT2D eigenvalue weighted by molar-refractivity contribution is 7.00. The summed E-state index contributed by atoms with van der Waals surface area (Å²) in [7, 11) is 0. The molecular formula is C108H76BClN4. The quantitative estimate of drug-likeness (QED) is 0.0894. The standard InChI is InChI=1S/C54H37BN2.C54H39ClN2/c1-4-15-38(16-5-1)41-19-12-21-43(35-41)44-22-13-20-42(36-44)40-29-32-47(33-30-40)57-51-34-31-45(39-17-6-2-7-18-39)37-49(51)55-48-25-10-11-26-50(48)56(46-23-8-3-9-24-46)52-27-14-28-53(57)54(52)55;55-54-52(56(48-24-9-3-10-25-48)49-26-11-4-12-27-49)28-15-29-53(54)57(50-34-30-42(31-35-50)40-16-5-1-6-17-40)51-36-32-43(33-37-51)45-21-14-23-47(39-45)46-22-13-20-44(38-46)41-18-7-2-8-19-41/h1-37H;1-39H. The van der Waals surface area contributed by atoms with Gasteiger partial charge in [0, 0.05) is 56.9 Å².